The molecule has 2 aromatic carbocycles. The number of benzene rings is 2. The molecule has 0 atom stereocenters. The van der Waals surface area contributed by atoms with Crippen molar-refractivity contribution in [3.8, 4) is 5.75 Å². The zero-order valence-corrected chi connectivity index (χ0v) is 15.8. The largest absolute Gasteiger partial charge is 0.496 e. The van der Waals surface area contributed by atoms with Gasteiger partial charge in [-0.25, -0.2) is 26.7 Å². The lowest BCUT2D eigenvalue weighted by atomic mass is 10.2. The minimum atomic E-state index is -3.77. The number of rotatable bonds is 6. The number of methoxy groups -OCH3 is 1. The third-order valence-electron chi connectivity index (χ3n) is 3.15. The van der Waals surface area contributed by atoms with Gasteiger partial charge in [0.15, 0.2) is 0 Å². The van der Waals surface area contributed by atoms with Gasteiger partial charge in [0.05, 0.1) is 21.4 Å². The highest BCUT2D eigenvalue weighted by Crippen LogP contribution is 2.27. The molecule has 130 valence electrons. The Balaban J connectivity index is 2.14. The van der Waals surface area contributed by atoms with Gasteiger partial charge in [-0.3, -0.25) is 0 Å². The number of sulfonamides is 2. The van der Waals surface area contributed by atoms with Gasteiger partial charge in [-0.05, 0) is 51.8 Å². The zero-order valence-electron chi connectivity index (χ0n) is 12.6. The van der Waals surface area contributed by atoms with Crippen molar-refractivity contribution in [1.29, 1.82) is 0 Å². The van der Waals surface area contributed by atoms with E-state index in [1.807, 2.05) is 0 Å². The first-order chi connectivity index (χ1) is 11.1. The normalized spacial score (nSPS) is 12.1. The van der Waals surface area contributed by atoms with Crippen molar-refractivity contribution in [2.24, 2.45) is 5.14 Å². The molecule has 2 rings (SSSR count). The maximum atomic E-state index is 12.3. The zero-order chi connectivity index (χ0) is 18.0. The van der Waals surface area contributed by atoms with Crippen LogP contribution in [0.15, 0.2) is 56.7 Å². The van der Waals surface area contributed by atoms with Crippen molar-refractivity contribution in [3.05, 3.63) is 52.5 Å². The first-order valence-electron chi connectivity index (χ1n) is 6.58. The predicted molar refractivity (Wildman–Crippen MR) is 92.5 cm³/mol. The lowest BCUT2D eigenvalue weighted by Gasteiger charge is -2.09. The van der Waals surface area contributed by atoms with Crippen molar-refractivity contribution in [3.63, 3.8) is 0 Å². The van der Waals surface area contributed by atoms with Gasteiger partial charge in [-0.2, -0.15) is 0 Å². The van der Waals surface area contributed by atoms with Crippen LogP contribution < -0.4 is 14.6 Å². The minimum Gasteiger partial charge on any atom is -0.496 e. The predicted octanol–water partition coefficient (Wildman–Crippen LogP) is 1.58. The summed E-state index contributed by atoms with van der Waals surface area (Å²) in [6, 6.07) is 10.0. The topological polar surface area (TPSA) is 116 Å². The van der Waals surface area contributed by atoms with Crippen molar-refractivity contribution in [1.82, 2.24) is 4.72 Å². The molecular weight excluding hydrogens is 420 g/mol. The monoisotopic (exact) mass is 434 g/mol. The molecule has 0 spiro atoms. The number of nitrogens with two attached hydrogens (primary N) is 1. The fourth-order valence-corrected chi connectivity index (χ4v) is 4.12. The summed E-state index contributed by atoms with van der Waals surface area (Å²) in [5.41, 5.74) is 0.596. The summed E-state index contributed by atoms with van der Waals surface area (Å²) < 4.78 is 55.0. The van der Waals surface area contributed by atoms with Gasteiger partial charge < -0.3 is 4.74 Å². The molecule has 3 N–H and O–H groups in total. The van der Waals surface area contributed by atoms with Crippen LogP contribution in [0.1, 0.15) is 5.56 Å². The molecule has 0 amide bonds. The van der Waals surface area contributed by atoms with E-state index in [0.29, 0.717) is 15.8 Å². The highest BCUT2D eigenvalue weighted by atomic mass is 79.9. The van der Waals surface area contributed by atoms with Crippen LogP contribution in [-0.4, -0.2) is 23.9 Å². The summed E-state index contributed by atoms with van der Waals surface area (Å²) in [5, 5.41) is 5.01. The number of hydrogen-bond donors (Lipinski definition) is 2. The number of primary sulfonamides is 1. The molecule has 0 saturated heterocycles. The van der Waals surface area contributed by atoms with E-state index in [-0.39, 0.29) is 16.3 Å². The van der Waals surface area contributed by atoms with Crippen LogP contribution in [-0.2, 0) is 26.6 Å². The van der Waals surface area contributed by atoms with E-state index in [2.05, 4.69) is 20.7 Å². The summed E-state index contributed by atoms with van der Waals surface area (Å²) in [6.07, 6.45) is 0. The molecule has 0 bridgehead atoms. The number of hydrogen-bond acceptors (Lipinski definition) is 5. The van der Waals surface area contributed by atoms with Crippen LogP contribution >= 0.6 is 15.9 Å². The van der Waals surface area contributed by atoms with Crippen LogP contribution in [0.4, 0.5) is 0 Å². The molecule has 0 aliphatic carbocycles. The smallest absolute Gasteiger partial charge is 0.240 e. The Morgan fingerprint density at radius 1 is 1.04 bits per heavy atom. The van der Waals surface area contributed by atoms with Crippen molar-refractivity contribution >= 4 is 36.0 Å². The van der Waals surface area contributed by atoms with Crippen LogP contribution in [0, 0.1) is 0 Å². The SMILES string of the molecule is COc1ccc(S(=O)(=O)NCc2ccc(S(N)(=O)=O)cc2)cc1Br. The van der Waals surface area contributed by atoms with E-state index in [0.717, 1.165) is 0 Å². The molecule has 0 aliphatic heterocycles. The molecule has 0 radical (unpaired) electrons. The molecule has 24 heavy (non-hydrogen) atoms. The molecule has 0 aliphatic rings. The fraction of sp³-hybridized carbons (Fsp3) is 0.143. The van der Waals surface area contributed by atoms with Gasteiger partial charge in [0.2, 0.25) is 20.0 Å². The number of nitrogens with one attached hydrogen (secondary N) is 1. The van der Waals surface area contributed by atoms with Crippen molar-refractivity contribution in [2.45, 2.75) is 16.3 Å². The summed E-state index contributed by atoms with van der Waals surface area (Å²) in [5.74, 6) is 0.521. The first-order valence-corrected chi connectivity index (χ1v) is 10.4. The van der Waals surface area contributed by atoms with E-state index < -0.39 is 20.0 Å². The highest BCUT2D eigenvalue weighted by molar-refractivity contribution is 9.10. The third kappa shape index (κ3) is 4.54. The standard InChI is InChI=1S/C14H15BrN2O5S2/c1-22-14-7-6-12(8-13(14)15)24(20,21)17-9-10-2-4-11(5-3-10)23(16,18)19/h2-8,17H,9H2,1H3,(H2,16,18,19). The Morgan fingerprint density at radius 2 is 1.62 bits per heavy atom. The second kappa shape index (κ2) is 7.19. The van der Waals surface area contributed by atoms with Crippen LogP contribution in [0.25, 0.3) is 0 Å². The lowest BCUT2D eigenvalue weighted by molar-refractivity contribution is 0.411. The average molecular weight is 435 g/mol. The molecule has 0 aromatic heterocycles. The number of halogens is 1. The first kappa shape index (κ1) is 18.9. The molecule has 0 fully saturated rings. The summed E-state index contributed by atoms with van der Waals surface area (Å²) in [6.45, 7) is 0.0108. The van der Waals surface area contributed by atoms with Crippen LogP contribution in [0.3, 0.4) is 0 Å². The molecule has 0 heterocycles. The molecule has 0 saturated carbocycles. The Labute approximate surface area is 149 Å². The quantitative estimate of drug-likeness (QED) is 0.715. The Hall–Kier alpha value is -1.46. The molecule has 7 nitrogen and oxygen atoms in total. The summed E-state index contributed by atoms with van der Waals surface area (Å²) in [7, 11) is -6.01. The van der Waals surface area contributed by atoms with Gasteiger partial charge in [0.1, 0.15) is 5.75 Å². The molecule has 10 heteroatoms. The third-order valence-corrected chi connectivity index (χ3v) is 6.10. The van der Waals surface area contributed by atoms with E-state index in [1.54, 1.807) is 6.07 Å². The molecule has 2 aromatic rings. The van der Waals surface area contributed by atoms with Gasteiger partial charge in [0, 0.05) is 6.54 Å². The maximum absolute atomic E-state index is 12.3. The van der Waals surface area contributed by atoms with E-state index in [4.69, 9.17) is 9.88 Å². The summed E-state index contributed by atoms with van der Waals surface area (Å²) in [4.78, 5) is 0.0459. The fourth-order valence-electron chi connectivity index (χ4n) is 1.87. The maximum Gasteiger partial charge on any atom is 0.240 e. The number of ether oxygens (including phenoxy) is 1. The van der Waals surface area contributed by atoms with Gasteiger partial charge in [-0.1, -0.05) is 12.1 Å². The minimum absolute atomic E-state index is 0.0108. The van der Waals surface area contributed by atoms with Crippen molar-refractivity contribution < 1.29 is 21.6 Å². The van der Waals surface area contributed by atoms with E-state index >= 15 is 0 Å². The average Bonchev–Trinajstić information content (AvgIpc) is 2.52. The van der Waals surface area contributed by atoms with Crippen molar-refractivity contribution in [2.75, 3.05) is 7.11 Å². The van der Waals surface area contributed by atoms with E-state index in [1.165, 1.54) is 43.5 Å². The Kier molecular flexibility index (Phi) is 5.66. The van der Waals surface area contributed by atoms with Gasteiger partial charge >= 0.3 is 0 Å². The Bertz CT molecular complexity index is 942. The molecular formula is C14H15BrN2O5S2. The van der Waals surface area contributed by atoms with Gasteiger partial charge in [-0.15, -0.1) is 0 Å². The molecule has 0 unspecified atom stereocenters. The van der Waals surface area contributed by atoms with E-state index in [9.17, 15) is 16.8 Å². The second-order valence-corrected chi connectivity index (χ2v) is 8.99. The second-order valence-electron chi connectivity index (χ2n) is 4.81. The summed E-state index contributed by atoms with van der Waals surface area (Å²) >= 11 is 3.24. The highest BCUT2D eigenvalue weighted by Gasteiger charge is 2.16. The lowest BCUT2D eigenvalue weighted by Crippen LogP contribution is -2.23. The van der Waals surface area contributed by atoms with Crippen LogP contribution in [0.2, 0.25) is 0 Å². The van der Waals surface area contributed by atoms with Gasteiger partial charge in [0.25, 0.3) is 0 Å². The Morgan fingerprint density at radius 3 is 2.12 bits per heavy atom. The van der Waals surface area contributed by atoms with Crippen LogP contribution in [0.5, 0.6) is 5.75 Å².